The highest BCUT2D eigenvalue weighted by molar-refractivity contribution is 5.76. The third kappa shape index (κ3) is 6.63. The molecule has 1 aromatic rings. The molecule has 1 unspecified atom stereocenters. The summed E-state index contributed by atoms with van der Waals surface area (Å²) in [4.78, 5) is 11.9. The summed E-state index contributed by atoms with van der Waals surface area (Å²) < 4.78 is 5.67. The number of aryl methyl sites for hydroxylation is 2. The maximum Gasteiger partial charge on any atom is 0.223 e. The molecule has 0 aliphatic rings. The Kier molecular flexibility index (Phi) is 7.23. The number of carbonyl (C=O) groups is 1. The lowest BCUT2D eigenvalue weighted by Crippen LogP contribution is -2.41. The van der Waals surface area contributed by atoms with Crippen LogP contribution >= 0.6 is 0 Å². The second kappa shape index (κ2) is 8.67. The van der Waals surface area contributed by atoms with E-state index in [1.807, 2.05) is 26.0 Å². The molecule has 0 aromatic heterocycles. The Labute approximate surface area is 128 Å². The van der Waals surface area contributed by atoms with Crippen molar-refractivity contribution in [2.75, 3.05) is 13.2 Å². The molecule has 0 spiro atoms. The van der Waals surface area contributed by atoms with Crippen LogP contribution in [0.5, 0.6) is 5.75 Å². The lowest BCUT2D eigenvalue weighted by molar-refractivity contribution is -0.122. The van der Waals surface area contributed by atoms with Crippen molar-refractivity contribution in [2.45, 2.75) is 46.6 Å². The standard InChI is InChI=1S/C17H28N2O2/c1-12(2)9-15(11-18)19-17(20)7-8-21-16-6-5-13(3)10-14(16)4/h5-6,10,12,15H,7-9,11,18H2,1-4H3,(H,19,20). The van der Waals surface area contributed by atoms with Crippen LogP contribution in [0.25, 0.3) is 0 Å². The van der Waals surface area contributed by atoms with Crippen molar-refractivity contribution in [3.8, 4) is 5.75 Å². The second-order valence-electron chi connectivity index (χ2n) is 6.00. The number of amides is 1. The van der Waals surface area contributed by atoms with Gasteiger partial charge in [0, 0.05) is 12.6 Å². The van der Waals surface area contributed by atoms with E-state index in [-0.39, 0.29) is 11.9 Å². The predicted molar refractivity (Wildman–Crippen MR) is 86.5 cm³/mol. The molecule has 0 fully saturated rings. The van der Waals surface area contributed by atoms with Gasteiger partial charge in [0.15, 0.2) is 0 Å². The number of carbonyl (C=O) groups excluding carboxylic acids is 1. The third-order valence-corrected chi connectivity index (χ3v) is 3.32. The second-order valence-corrected chi connectivity index (χ2v) is 6.00. The molecule has 0 radical (unpaired) electrons. The summed E-state index contributed by atoms with van der Waals surface area (Å²) in [5.41, 5.74) is 7.98. The molecule has 4 nitrogen and oxygen atoms in total. The Morgan fingerprint density at radius 1 is 1.33 bits per heavy atom. The highest BCUT2D eigenvalue weighted by Gasteiger charge is 2.12. The average molecular weight is 292 g/mol. The van der Waals surface area contributed by atoms with Crippen LogP contribution < -0.4 is 15.8 Å². The summed E-state index contributed by atoms with van der Waals surface area (Å²) in [6, 6.07) is 6.08. The summed E-state index contributed by atoms with van der Waals surface area (Å²) in [7, 11) is 0. The highest BCUT2D eigenvalue weighted by Crippen LogP contribution is 2.18. The number of hydrogen-bond acceptors (Lipinski definition) is 3. The first-order valence-corrected chi connectivity index (χ1v) is 7.61. The maximum atomic E-state index is 11.9. The van der Waals surface area contributed by atoms with Gasteiger partial charge >= 0.3 is 0 Å². The molecule has 0 saturated carbocycles. The van der Waals surface area contributed by atoms with Crippen LogP contribution in [0.3, 0.4) is 0 Å². The molecule has 0 aliphatic carbocycles. The van der Waals surface area contributed by atoms with Crippen molar-refractivity contribution in [3.63, 3.8) is 0 Å². The topological polar surface area (TPSA) is 64.3 Å². The Morgan fingerprint density at radius 3 is 2.62 bits per heavy atom. The Balaban J connectivity index is 2.36. The van der Waals surface area contributed by atoms with Crippen LogP contribution in [0.4, 0.5) is 0 Å². The molecule has 3 N–H and O–H groups in total. The number of hydrogen-bond donors (Lipinski definition) is 2. The molecule has 1 amide bonds. The van der Waals surface area contributed by atoms with Gasteiger partial charge in [-0.05, 0) is 37.8 Å². The largest absolute Gasteiger partial charge is 0.493 e. The maximum absolute atomic E-state index is 11.9. The molecule has 0 heterocycles. The predicted octanol–water partition coefficient (Wildman–Crippen LogP) is 2.56. The van der Waals surface area contributed by atoms with E-state index in [4.69, 9.17) is 10.5 Å². The summed E-state index contributed by atoms with van der Waals surface area (Å²) in [6.45, 7) is 9.16. The summed E-state index contributed by atoms with van der Waals surface area (Å²) in [6.07, 6.45) is 1.25. The van der Waals surface area contributed by atoms with Crippen molar-refractivity contribution in [1.82, 2.24) is 5.32 Å². The molecule has 118 valence electrons. The van der Waals surface area contributed by atoms with Gasteiger partial charge < -0.3 is 15.8 Å². The van der Waals surface area contributed by atoms with E-state index in [2.05, 4.69) is 25.2 Å². The lowest BCUT2D eigenvalue weighted by atomic mass is 10.0. The van der Waals surface area contributed by atoms with E-state index in [1.54, 1.807) is 0 Å². The van der Waals surface area contributed by atoms with Gasteiger partial charge in [-0.3, -0.25) is 4.79 Å². The van der Waals surface area contributed by atoms with Crippen LogP contribution in [0.15, 0.2) is 18.2 Å². The fraction of sp³-hybridized carbons (Fsp3) is 0.588. The average Bonchev–Trinajstić information content (AvgIpc) is 2.40. The van der Waals surface area contributed by atoms with Crippen molar-refractivity contribution >= 4 is 5.91 Å². The van der Waals surface area contributed by atoms with Crippen LogP contribution in [0.1, 0.15) is 37.8 Å². The van der Waals surface area contributed by atoms with Crippen molar-refractivity contribution in [3.05, 3.63) is 29.3 Å². The van der Waals surface area contributed by atoms with Crippen molar-refractivity contribution in [1.29, 1.82) is 0 Å². The molecular formula is C17H28N2O2. The first-order valence-electron chi connectivity index (χ1n) is 7.61. The van der Waals surface area contributed by atoms with Gasteiger partial charge in [-0.25, -0.2) is 0 Å². The molecule has 1 aromatic carbocycles. The Morgan fingerprint density at radius 2 is 2.05 bits per heavy atom. The normalized spacial score (nSPS) is 12.3. The summed E-state index contributed by atoms with van der Waals surface area (Å²) in [5.74, 6) is 1.35. The SMILES string of the molecule is Cc1ccc(OCCC(=O)NC(CN)CC(C)C)c(C)c1. The lowest BCUT2D eigenvalue weighted by Gasteiger charge is -2.19. The smallest absolute Gasteiger partial charge is 0.223 e. The van der Waals surface area contributed by atoms with E-state index in [0.717, 1.165) is 17.7 Å². The number of ether oxygens (including phenoxy) is 1. The molecule has 0 bridgehead atoms. The summed E-state index contributed by atoms with van der Waals surface area (Å²) >= 11 is 0. The number of benzene rings is 1. The van der Waals surface area contributed by atoms with E-state index in [1.165, 1.54) is 5.56 Å². The molecule has 0 saturated heterocycles. The number of nitrogens with one attached hydrogen (secondary N) is 1. The number of rotatable bonds is 8. The van der Waals surface area contributed by atoms with Gasteiger partial charge in [0.05, 0.1) is 13.0 Å². The van der Waals surface area contributed by atoms with Gasteiger partial charge in [-0.1, -0.05) is 31.5 Å². The Bertz CT molecular complexity index is 458. The minimum atomic E-state index is -0.00383. The quantitative estimate of drug-likeness (QED) is 0.774. The molecular weight excluding hydrogens is 264 g/mol. The molecule has 4 heteroatoms. The van der Waals surface area contributed by atoms with Crippen molar-refractivity contribution < 1.29 is 9.53 Å². The summed E-state index contributed by atoms with van der Waals surface area (Å²) in [5, 5.41) is 2.96. The number of nitrogens with two attached hydrogens (primary N) is 1. The van der Waals surface area contributed by atoms with Gasteiger partial charge in [-0.15, -0.1) is 0 Å². The first-order chi connectivity index (χ1) is 9.92. The van der Waals surface area contributed by atoms with Crippen LogP contribution in [-0.4, -0.2) is 25.1 Å². The van der Waals surface area contributed by atoms with E-state index < -0.39 is 0 Å². The fourth-order valence-corrected chi connectivity index (χ4v) is 2.30. The van der Waals surface area contributed by atoms with Crippen molar-refractivity contribution in [2.24, 2.45) is 11.7 Å². The minimum Gasteiger partial charge on any atom is -0.493 e. The monoisotopic (exact) mass is 292 g/mol. The van der Waals surface area contributed by atoms with Gasteiger partial charge in [0.25, 0.3) is 0 Å². The molecule has 1 atom stereocenters. The van der Waals surface area contributed by atoms with Gasteiger partial charge in [0.2, 0.25) is 5.91 Å². The Hall–Kier alpha value is -1.55. The third-order valence-electron chi connectivity index (χ3n) is 3.32. The van der Waals surface area contributed by atoms with E-state index in [9.17, 15) is 4.79 Å². The zero-order chi connectivity index (χ0) is 15.8. The molecule has 21 heavy (non-hydrogen) atoms. The highest BCUT2D eigenvalue weighted by atomic mass is 16.5. The zero-order valence-corrected chi connectivity index (χ0v) is 13.6. The van der Waals surface area contributed by atoms with Crippen LogP contribution in [0, 0.1) is 19.8 Å². The first kappa shape index (κ1) is 17.5. The van der Waals surface area contributed by atoms with Crippen LogP contribution in [-0.2, 0) is 4.79 Å². The minimum absolute atomic E-state index is 0.00383. The van der Waals surface area contributed by atoms with Crippen LogP contribution in [0.2, 0.25) is 0 Å². The molecule has 0 aliphatic heterocycles. The fourth-order valence-electron chi connectivity index (χ4n) is 2.30. The van der Waals surface area contributed by atoms with E-state index in [0.29, 0.717) is 25.5 Å². The zero-order valence-electron chi connectivity index (χ0n) is 13.6. The van der Waals surface area contributed by atoms with Gasteiger partial charge in [0.1, 0.15) is 5.75 Å². The van der Waals surface area contributed by atoms with Gasteiger partial charge in [-0.2, -0.15) is 0 Å². The molecule has 1 rings (SSSR count). The van der Waals surface area contributed by atoms with E-state index >= 15 is 0 Å².